The van der Waals surface area contributed by atoms with E-state index in [0.29, 0.717) is 32.0 Å². The van der Waals surface area contributed by atoms with Gasteiger partial charge in [0.15, 0.2) is 0 Å². The third-order valence-corrected chi connectivity index (χ3v) is 2.64. The van der Waals surface area contributed by atoms with Crippen molar-refractivity contribution in [3.63, 3.8) is 0 Å². The number of hydrogen-bond acceptors (Lipinski definition) is 4. The molecule has 18 heavy (non-hydrogen) atoms. The molecule has 2 rings (SSSR count). The molecule has 0 saturated carbocycles. The van der Waals surface area contributed by atoms with Crippen LogP contribution >= 0.6 is 0 Å². The second-order valence-electron chi connectivity index (χ2n) is 3.96. The van der Waals surface area contributed by atoms with E-state index in [0.717, 1.165) is 0 Å². The molecule has 2 heterocycles. The number of carbonyl (C=O) groups excluding carboxylic acids is 1. The maximum Gasteiger partial charge on any atom is 0.323 e. The molecule has 1 aliphatic rings. The summed E-state index contributed by atoms with van der Waals surface area (Å²) in [5.41, 5.74) is 3.07. The standard InChI is InChI=1S/C11H15N3O4/c15-10(16)8-13-3-1-2-9(13)11(17)12-14-4-6-18-7-5-14/h1-3H,4-8H2,(H,12,17)(H,15,16). The van der Waals surface area contributed by atoms with E-state index in [1.165, 1.54) is 4.57 Å². The molecule has 0 spiro atoms. The Balaban J connectivity index is 1.99. The summed E-state index contributed by atoms with van der Waals surface area (Å²) in [6.45, 7) is 2.20. The number of carbonyl (C=O) groups is 2. The van der Waals surface area contributed by atoms with Crippen molar-refractivity contribution in [1.29, 1.82) is 0 Å². The number of nitrogens with one attached hydrogen (secondary N) is 1. The first-order valence-corrected chi connectivity index (χ1v) is 5.67. The number of hydrogen-bond donors (Lipinski definition) is 2. The number of morpholine rings is 1. The Kier molecular flexibility index (Phi) is 3.96. The number of ether oxygens (including phenoxy) is 1. The lowest BCUT2D eigenvalue weighted by atomic mass is 10.4. The molecule has 1 aromatic heterocycles. The Morgan fingerprint density at radius 2 is 2.11 bits per heavy atom. The topological polar surface area (TPSA) is 83.8 Å². The summed E-state index contributed by atoms with van der Waals surface area (Å²) in [7, 11) is 0. The maximum absolute atomic E-state index is 12.0. The van der Waals surface area contributed by atoms with Crippen molar-refractivity contribution < 1.29 is 19.4 Å². The first-order chi connectivity index (χ1) is 8.66. The third kappa shape index (κ3) is 3.08. The van der Waals surface area contributed by atoms with Crippen LogP contribution in [0.3, 0.4) is 0 Å². The van der Waals surface area contributed by atoms with Gasteiger partial charge in [-0.3, -0.25) is 15.0 Å². The highest BCUT2D eigenvalue weighted by atomic mass is 16.5. The van der Waals surface area contributed by atoms with Crippen molar-refractivity contribution in [2.24, 2.45) is 0 Å². The molecular weight excluding hydrogens is 238 g/mol. The predicted octanol–water partition coefficient (Wildman–Crippen LogP) is -0.450. The SMILES string of the molecule is O=C(O)Cn1cccc1C(=O)NN1CCOCC1. The van der Waals surface area contributed by atoms with Gasteiger partial charge in [-0.2, -0.15) is 0 Å². The molecule has 7 heteroatoms. The first kappa shape index (κ1) is 12.6. The highest BCUT2D eigenvalue weighted by Crippen LogP contribution is 2.03. The van der Waals surface area contributed by atoms with Crippen molar-refractivity contribution in [1.82, 2.24) is 15.0 Å². The number of hydrazine groups is 1. The van der Waals surface area contributed by atoms with E-state index in [-0.39, 0.29) is 12.5 Å². The molecule has 0 aliphatic carbocycles. The molecule has 98 valence electrons. The van der Waals surface area contributed by atoms with Gasteiger partial charge in [-0.25, -0.2) is 5.01 Å². The van der Waals surface area contributed by atoms with Crippen molar-refractivity contribution in [2.75, 3.05) is 26.3 Å². The lowest BCUT2D eigenvalue weighted by molar-refractivity contribution is -0.137. The van der Waals surface area contributed by atoms with Crippen LogP contribution in [0.5, 0.6) is 0 Å². The monoisotopic (exact) mass is 253 g/mol. The van der Waals surface area contributed by atoms with Crippen LogP contribution in [0.25, 0.3) is 0 Å². The molecule has 0 radical (unpaired) electrons. The average molecular weight is 253 g/mol. The summed E-state index contributed by atoms with van der Waals surface area (Å²) in [4.78, 5) is 22.6. The number of aromatic nitrogens is 1. The number of carboxylic acid groups (broad SMARTS) is 1. The van der Waals surface area contributed by atoms with E-state index in [9.17, 15) is 9.59 Å². The van der Waals surface area contributed by atoms with Crippen LogP contribution in [0.1, 0.15) is 10.5 Å². The minimum atomic E-state index is -0.980. The van der Waals surface area contributed by atoms with Crippen LogP contribution in [0.2, 0.25) is 0 Å². The lowest BCUT2D eigenvalue weighted by Crippen LogP contribution is -2.48. The fourth-order valence-corrected chi connectivity index (χ4v) is 1.78. The summed E-state index contributed by atoms with van der Waals surface area (Å²) < 4.78 is 6.57. The zero-order valence-corrected chi connectivity index (χ0v) is 9.83. The maximum atomic E-state index is 12.0. The second kappa shape index (κ2) is 5.65. The molecule has 0 aromatic carbocycles. The highest BCUT2D eigenvalue weighted by Gasteiger charge is 2.17. The van der Waals surface area contributed by atoms with E-state index in [2.05, 4.69) is 5.43 Å². The first-order valence-electron chi connectivity index (χ1n) is 5.67. The molecular formula is C11H15N3O4. The second-order valence-corrected chi connectivity index (χ2v) is 3.96. The number of aliphatic carboxylic acids is 1. The third-order valence-electron chi connectivity index (χ3n) is 2.64. The van der Waals surface area contributed by atoms with Crippen LogP contribution in [0, 0.1) is 0 Å². The van der Waals surface area contributed by atoms with Gasteiger partial charge in [-0.1, -0.05) is 0 Å². The molecule has 7 nitrogen and oxygen atoms in total. The molecule has 0 unspecified atom stereocenters. The summed E-state index contributed by atoms with van der Waals surface area (Å²) in [5.74, 6) is -1.28. The summed E-state index contributed by atoms with van der Waals surface area (Å²) >= 11 is 0. The normalized spacial score (nSPS) is 16.4. The fraction of sp³-hybridized carbons (Fsp3) is 0.455. The van der Waals surface area contributed by atoms with Crippen LogP contribution in [-0.4, -0.2) is 52.9 Å². The molecule has 0 atom stereocenters. The Hall–Kier alpha value is -1.86. The van der Waals surface area contributed by atoms with Gasteiger partial charge < -0.3 is 14.4 Å². The minimum Gasteiger partial charge on any atom is -0.480 e. The number of nitrogens with zero attached hydrogens (tertiary/aromatic N) is 2. The number of carboxylic acids is 1. The molecule has 1 aliphatic heterocycles. The van der Waals surface area contributed by atoms with Crippen molar-refractivity contribution in [2.45, 2.75) is 6.54 Å². The molecule has 2 N–H and O–H groups in total. The fourth-order valence-electron chi connectivity index (χ4n) is 1.78. The highest BCUT2D eigenvalue weighted by molar-refractivity contribution is 5.92. The van der Waals surface area contributed by atoms with E-state index in [4.69, 9.17) is 9.84 Å². The Labute approximate surface area is 104 Å². The number of amides is 1. The summed E-state index contributed by atoms with van der Waals surface area (Å²) in [6.07, 6.45) is 1.57. The Morgan fingerprint density at radius 1 is 1.39 bits per heavy atom. The van der Waals surface area contributed by atoms with Crippen LogP contribution in [0.4, 0.5) is 0 Å². The van der Waals surface area contributed by atoms with Gasteiger partial charge in [0.1, 0.15) is 12.2 Å². The van der Waals surface area contributed by atoms with E-state index < -0.39 is 5.97 Å². The molecule has 0 bridgehead atoms. The van der Waals surface area contributed by atoms with Gasteiger partial charge >= 0.3 is 5.97 Å². The molecule has 1 amide bonds. The molecule has 1 saturated heterocycles. The number of rotatable bonds is 4. The Bertz CT molecular complexity index is 437. The smallest absolute Gasteiger partial charge is 0.323 e. The quantitative estimate of drug-likeness (QED) is 0.759. The van der Waals surface area contributed by atoms with Crippen molar-refractivity contribution >= 4 is 11.9 Å². The van der Waals surface area contributed by atoms with Gasteiger partial charge in [0, 0.05) is 19.3 Å². The predicted molar refractivity (Wildman–Crippen MR) is 61.9 cm³/mol. The minimum absolute atomic E-state index is 0.223. The summed E-state index contributed by atoms with van der Waals surface area (Å²) in [5, 5.41) is 10.5. The largest absolute Gasteiger partial charge is 0.480 e. The zero-order valence-electron chi connectivity index (χ0n) is 9.83. The Morgan fingerprint density at radius 3 is 2.78 bits per heavy atom. The van der Waals surface area contributed by atoms with E-state index in [1.54, 1.807) is 23.3 Å². The van der Waals surface area contributed by atoms with E-state index in [1.807, 2.05) is 0 Å². The zero-order chi connectivity index (χ0) is 13.0. The van der Waals surface area contributed by atoms with E-state index >= 15 is 0 Å². The average Bonchev–Trinajstić information content (AvgIpc) is 2.77. The molecule has 1 fully saturated rings. The van der Waals surface area contributed by atoms with Gasteiger partial charge in [0.2, 0.25) is 0 Å². The van der Waals surface area contributed by atoms with Gasteiger partial charge in [0.05, 0.1) is 13.2 Å². The van der Waals surface area contributed by atoms with Gasteiger partial charge in [-0.05, 0) is 12.1 Å². The van der Waals surface area contributed by atoms with Crippen LogP contribution in [-0.2, 0) is 16.1 Å². The van der Waals surface area contributed by atoms with Crippen LogP contribution < -0.4 is 5.43 Å². The lowest BCUT2D eigenvalue weighted by Gasteiger charge is -2.27. The van der Waals surface area contributed by atoms with Gasteiger partial charge in [0.25, 0.3) is 5.91 Å². The van der Waals surface area contributed by atoms with Crippen molar-refractivity contribution in [3.8, 4) is 0 Å². The molecule has 1 aromatic rings. The van der Waals surface area contributed by atoms with Gasteiger partial charge in [-0.15, -0.1) is 0 Å². The van der Waals surface area contributed by atoms with Crippen molar-refractivity contribution in [3.05, 3.63) is 24.0 Å². The van der Waals surface area contributed by atoms with Crippen LogP contribution in [0.15, 0.2) is 18.3 Å². The summed E-state index contributed by atoms with van der Waals surface area (Å²) in [6, 6.07) is 3.25.